The fraction of sp³-hybridized carbons (Fsp3) is 0.385. The van der Waals surface area contributed by atoms with Gasteiger partial charge in [0.25, 0.3) is 0 Å². The molecule has 0 N–H and O–H groups in total. The SMILES string of the molecule is COc1cccc(OC)c1C=CC(C)C(=Cc1c(OC)cccc1OC)C(C)(C)C. The molecular formula is C26H34O4. The smallest absolute Gasteiger partial charge is 0.129 e. The predicted octanol–water partition coefficient (Wildman–Crippen LogP) is 6.50. The van der Waals surface area contributed by atoms with E-state index in [9.17, 15) is 0 Å². The number of rotatable bonds is 8. The molecule has 0 fully saturated rings. The maximum atomic E-state index is 5.60. The first-order chi connectivity index (χ1) is 14.3. The standard InChI is InChI=1S/C26H34O4/c1-18(15-16-19-22(27-5)11-9-12-23(19)28-6)21(26(2,3)4)17-20-24(29-7)13-10-14-25(20)30-8/h9-18H,1-8H3. The molecule has 4 heteroatoms. The summed E-state index contributed by atoms with van der Waals surface area (Å²) >= 11 is 0. The van der Waals surface area contributed by atoms with E-state index in [2.05, 4.69) is 45.9 Å². The normalized spacial score (nSPS) is 13.3. The molecule has 2 aromatic rings. The molecule has 162 valence electrons. The van der Waals surface area contributed by atoms with Crippen LogP contribution in [0.2, 0.25) is 0 Å². The first kappa shape index (κ1) is 23.4. The van der Waals surface area contributed by atoms with Crippen LogP contribution in [0, 0.1) is 11.3 Å². The van der Waals surface area contributed by atoms with E-state index in [-0.39, 0.29) is 11.3 Å². The molecule has 4 nitrogen and oxygen atoms in total. The molecule has 2 aromatic carbocycles. The lowest BCUT2D eigenvalue weighted by Crippen LogP contribution is -2.15. The Morgan fingerprint density at radius 1 is 0.733 bits per heavy atom. The minimum absolute atomic E-state index is 0.0551. The van der Waals surface area contributed by atoms with Gasteiger partial charge in [-0.15, -0.1) is 0 Å². The first-order valence-corrected chi connectivity index (χ1v) is 10.1. The summed E-state index contributed by atoms with van der Waals surface area (Å²) in [6, 6.07) is 11.6. The summed E-state index contributed by atoms with van der Waals surface area (Å²) < 4.78 is 22.2. The number of benzene rings is 2. The molecule has 0 aliphatic carbocycles. The minimum Gasteiger partial charge on any atom is -0.496 e. The van der Waals surface area contributed by atoms with Crippen LogP contribution >= 0.6 is 0 Å². The Morgan fingerprint density at radius 3 is 1.50 bits per heavy atom. The van der Waals surface area contributed by atoms with Gasteiger partial charge in [-0.3, -0.25) is 0 Å². The zero-order valence-corrected chi connectivity index (χ0v) is 19.4. The molecule has 0 bridgehead atoms. The van der Waals surface area contributed by atoms with Crippen LogP contribution in [0.4, 0.5) is 0 Å². The quantitative estimate of drug-likeness (QED) is 0.498. The number of ether oxygens (including phenoxy) is 4. The molecule has 1 atom stereocenters. The molecule has 0 saturated carbocycles. The summed E-state index contributed by atoms with van der Waals surface area (Å²) in [7, 11) is 6.70. The minimum atomic E-state index is -0.0551. The van der Waals surface area contributed by atoms with Crippen LogP contribution in [0.3, 0.4) is 0 Å². The van der Waals surface area contributed by atoms with Crippen molar-refractivity contribution in [3.8, 4) is 23.0 Å². The third kappa shape index (κ3) is 5.38. The third-order valence-electron chi connectivity index (χ3n) is 5.14. The Hall–Kier alpha value is -2.88. The van der Waals surface area contributed by atoms with Crippen molar-refractivity contribution >= 4 is 12.2 Å². The van der Waals surface area contributed by atoms with Crippen molar-refractivity contribution in [2.75, 3.05) is 28.4 Å². The average molecular weight is 411 g/mol. The number of hydrogen-bond donors (Lipinski definition) is 0. The molecule has 0 aromatic heterocycles. The molecule has 2 rings (SSSR count). The van der Waals surface area contributed by atoms with E-state index in [0.717, 1.165) is 34.1 Å². The average Bonchev–Trinajstić information content (AvgIpc) is 2.74. The number of allylic oxidation sites excluding steroid dienone is 2. The zero-order valence-electron chi connectivity index (χ0n) is 19.4. The van der Waals surface area contributed by atoms with Crippen molar-refractivity contribution in [2.24, 2.45) is 11.3 Å². The highest BCUT2D eigenvalue weighted by molar-refractivity contribution is 5.69. The third-order valence-corrected chi connectivity index (χ3v) is 5.14. The topological polar surface area (TPSA) is 36.9 Å². The largest absolute Gasteiger partial charge is 0.496 e. The van der Waals surface area contributed by atoms with Gasteiger partial charge >= 0.3 is 0 Å². The van der Waals surface area contributed by atoms with Crippen LogP contribution in [0.25, 0.3) is 12.2 Å². The van der Waals surface area contributed by atoms with Gasteiger partial charge in [-0.05, 0) is 41.7 Å². The highest BCUT2D eigenvalue weighted by Gasteiger charge is 2.23. The molecule has 30 heavy (non-hydrogen) atoms. The molecule has 0 aliphatic heterocycles. The second-order valence-electron chi connectivity index (χ2n) is 8.15. The first-order valence-electron chi connectivity index (χ1n) is 10.1. The monoisotopic (exact) mass is 410 g/mol. The van der Waals surface area contributed by atoms with Crippen molar-refractivity contribution in [1.29, 1.82) is 0 Å². The summed E-state index contributed by atoms with van der Waals surface area (Å²) in [5.74, 6) is 3.31. The lowest BCUT2D eigenvalue weighted by molar-refractivity contribution is 0.392. The fourth-order valence-electron chi connectivity index (χ4n) is 3.60. The summed E-state index contributed by atoms with van der Waals surface area (Å²) in [6.45, 7) is 8.84. The molecule has 0 aliphatic rings. The van der Waals surface area contributed by atoms with Gasteiger partial charge in [-0.1, -0.05) is 57.6 Å². The molecule has 0 spiro atoms. The maximum absolute atomic E-state index is 5.60. The Bertz CT molecular complexity index is 859. The van der Waals surface area contributed by atoms with Crippen LogP contribution < -0.4 is 18.9 Å². The lowest BCUT2D eigenvalue weighted by atomic mass is 9.78. The van der Waals surface area contributed by atoms with E-state index >= 15 is 0 Å². The van der Waals surface area contributed by atoms with Gasteiger partial charge in [-0.25, -0.2) is 0 Å². The maximum Gasteiger partial charge on any atom is 0.129 e. The fourth-order valence-corrected chi connectivity index (χ4v) is 3.60. The van der Waals surface area contributed by atoms with Crippen molar-refractivity contribution < 1.29 is 18.9 Å². The van der Waals surface area contributed by atoms with E-state index in [4.69, 9.17) is 18.9 Å². The van der Waals surface area contributed by atoms with Crippen LogP contribution in [0.15, 0.2) is 48.0 Å². The van der Waals surface area contributed by atoms with E-state index in [1.165, 1.54) is 5.57 Å². The summed E-state index contributed by atoms with van der Waals surface area (Å²) in [4.78, 5) is 0. The van der Waals surface area contributed by atoms with Gasteiger partial charge in [0.15, 0.2) is 0 Å². The highest BCUT2D eigenvalue weighted by Crippen LogP contribution is 2.39. The second kappa shape index (κ2) is 10.2. The predicted molar refractivity (Wildman–Crippen MR) is 125 cm³/mol. The van der Waals surface area contributed by atoms with Gasteiger partial charge in [0.05, 0.1) is 39.6 Å². The van der Waals surface area contributed by atoms with Crippen LogP contribution in [-0.2, 0) is 0 Å². The van der Waals surface area contributed by atoms with E-state index in [1.807, 2.05) is 36.4 Å². The molecule has 0 amide bonds. The lowest BCUT2D eigenvalue weighted by Gasteiger charge is -2.28. The highest BCUT2D eigenvalue weighted by atomic mass is 16.5. The van der Waals surface area contributed by atoms with Crippen LogP contribution in [-0.4, -0.2) is 28.4 Å². The van der Waals surface area contributed by atoms with Gasteiger partial charge < -0.3 is 18.9 Å². The Morgan fingerprint density at radius 2 is 1.13 bits per heavy atom. The Kier molecular flexibility index (Phi) is 7.99. The van der Waals surface area contributed by atoms with E-state index < -0.39 is 0 Å². The van der Waals surface area contributed by atoms with Crippen LogP contribution in [0.1, 0.15) is 38.8 Å². The Balaban J connectivity index is 2.53. The summed E-state index contributed by atoms with van der Waals surface area (Å²) in [5.41, 5.74) is 3.08. The van der Waals surface area contributed by atoms with Crippen molar-refractivity contribution in [3.63, 3.8) is 0 Å². The van der Waals surface area contributed by atoms with Crippen LogP contribution in [0.5, 0.6) is 23.0 Å². The van der Waals surface area contributed by atoms with Crippen molar-refractivity contribution in [1.82, 2.24) is 0 Å². The number of hydrogen-bond acceptors (Lipinski definition) is 4. The molecule has 0 heterocycles. The Labute approximate surface area is 181 Å². The second-order valence-corrected chi connectivity index (χ2v) is 8.15. The zero-order chi connectivity index (χ0) is 22.3. The van der Waals surface area contributed by atoms with Gasteiger partial charge in [0.2, 0.25) is 0 Å². The molecule has 0 saturated heterocycles. The van der Waals surface area contributed by atoms with Gasteiger partial charge in [0, 0.05) is 0 Å². The molecule has 1 unspecified atom stereocenters. The van der Waals surface area contributed by atoms with E-state index in [0.29, 0.717) is 0 Å². The summed E-state index contributed by atoms with van der Waals surface area (Å²) in [6.07, 6.45) is 6.44. The summed E-state index contributed by atoms with van der Waals surface area (Å²) in [5, 5.41) is 0. The molecule has 0 radical (unpaired) electrons. The van der Waals surface area contributed by atoms with Crippen molar-refractivity contribution in [2.45, 2.75) is 27.7 Å². The van der Waals surface area contributed by atoms with Gasteiger partial charge in [-0.2, -0.15) is 0 Å². The van der Waals surface area contributed by atoms with Gasteiger partial charge in [0.1, 0.15) is 23.0 Å². The van der Waals surface area contributed by atoms with E-state index in [1.54, 1.807) is 28.4 Å². The molecular weight excluding hydrogens is 376 g/mol. The number of methoxy groups -OCH3 is 4. The van der Waals surface area contributed by atoms with Crippen molar-refractivity contribution in [3.05, 3.63) is 59.2 Å².